The minimum Gasteiger partial charge on any atom is -0.355 e. The Bertz CT molecular complexity index is 700. The van der Waals surface area contributed by atoms with Crippen molar-refractivity contribution in [3.05, 3.63) is 35.9 Å². The zero-order chi connectivity index (χ0) is 18.4. The van der Waals surface area contributed by atoms with Gasteiger partial charge in [0.05, 0.1) is 5.75 Å². The summed E-state index contributed by atoms with van der Waals surface area (Å²) < 4.78 is 25.3. The molecule has 2 aliphatic rings. The molecule has 0 amide bonds. The molecule has 2 fully saturated rings. The van der Waals surface area contributed by atoms with Crippen LogP contribution in [0, 0.1) is 0 Å². The Balaban J connectivity index is 1.42. The van der Waals surface area contributed by atoms with Crippen LogP contribution in [-0.4, -0.2) is 87.1 Å². The van der Waals surface area contributed by atoms with Gasteiger partial charge in [0.2, 0.25) is 10.0 Å². The molecule has 1 N–H and O–H groups in total. The summed E-state index contributed by atoms with van der Waals surface area (Å²) in [6.07, 6.45) is 0.737. The molecule has 0 saturated carbocycles. The minimum atomic E-state index is -3.02. The molecule has 0 atom stereocenters. The monoisotopic (exact) mass is 379 g/mol. The fraction of sp³-hybridized carbons (Fsp3) is 0.611. The molecule has 2 aliphatic heterocycles. The largest absolute Gasteiger partial charge is 0.355 e. The van der Waals surface area contributed by atoms with Crippen LogP contribution in [0.15, 0.2) is 35.3 Å². The predicted octanol–water partition coefficient (Wildman–Crippen LogP) is 0.415. The number of hydrogen-bond donors (Lipinski definition) is 1. The molecule has 0 bridgehead atoms. The normalized spacial score (nSPS) is 21.9. The second kappa shape index (κ2) is 8.83. The summed E-state index contributed by atoms with van der Waals surface area (Å²) >= 11 is 0. The first kappa shape index (κ1) is 19.1. The molecule has 2 saturated heterocycles. The smallest absolute Gasteiger partial charge is 0.214 e. The molecule has 2 heterocycles. The maximum Gasteiger partial charge on any atom is 0.214 e. The lowest BCUT2D eigenvalue weighted by molar-refractivity contribution is 0.172. The van der Waals surface area contributed by atoms with Crippen molar-refractivity contribution < 1.29 is 8.42 Å². The highest BCUT2D eigenvalue weighted by atomic mass is 32.2. The van der Waals surface area contributed by atoms with Crippen LogP contribution in [0.4, 0.5) is 0 Å². The van der Waals surface area contributed by atoms with Gasteiger partial charge in [-0.3, -0.25) is 9.89 Å². The zero-order valence-electron chi connectivity index (χ0n) is 15.5. The topological polar surface area (TPSA) is 68.2 Å². The Kier molecular flexibility index (Phi) is 6.50. The van der Waals surface area contributed by atoms with Gasteiger partial charge in [-0.25, -0.2) is 12.7 Å². The van der Waals surface area contributed by atoms with E-state index in [1.54, 1.807) is 11.4 Å². The van der Waals surface area contributed by atoms with Gasteiger partial charge in [0.1, 0.15) is 0 Å². The summed E-state index contributed by atoms with van der Waals surface area (Å²) in [4.78, 5) is 9.07. The Morgan fingerprint density at radius 3 is 2.46 bits per heavy atom. The van der Waals surface area contributed by atoms with Gasteiger partial charge in [-0.15, -0.1) is 0 Å². The molecule has 8 heteroatoms. The number of benzene rings is 1. The highest BCUT2D eigenvalue weighted by molar-refractivity contribution is 7.89. The van der Waals surface area contributed by atoms with Gasteiger partial charge < -0.3 is 10.2 Å². The Labute approximate surface area is 156 Å². The van der Waals surface area contributed by atoms with Crippen molar-refractivity contribution >= 4 is 16.0 Å². The molecule has 7 nitrogen and oxygen atoms in total. The van der Waals surface area contributed by atoms with Gasteiger partial charge >= 0.3 is 0 Å². The van der Waals surface area contributed by atoms with Crippen LogP contribution in [-0.2, 0) is 16.6 Å². The number of guanidine groups is 1. The Hall–Kier alpha value is -1.64. The van der Waals surface area contributed by atoms with E-state index < -0.39 is 10.0 Å². The first-order valence-electron chi connectivity index (χ1n) is 9.28. The molecule has 26 heavy (non-hydrogen) atoms. The molecular weight excluding hydrogens is 350 g/mol. The fourth-order valence-corrected chi connectivity index (χ4v) is 5.06. The SMILES string of the molecule is CN=C(NCCN1CCCS1(=O)=O)N1CCN(Cc2ccccc2)CC1. The molecule has 1 aromatic rings. The molecule has 0 aliphatic carbocycles. The van der Waals surface area contributed by atoms with Crippen LogP contribution in [0.25, 0.3) is 0 Å². The third kappa shape index (κ3) is 4.96. The summed E-state index contributed by atoms with van der Waals surface area (Å²) in [5.41, 5.74) is 1.34. The van der Waals surface area contributed by atoms with Crippen molar-refractivity contribution in [1.82, 2.24) is 19.4 Å². The zero-order valence-corrected chi connectivity index (χ0v) is 16.3. The number of piperazine rings is 1. The molecule has 1 aromatic carbocycles. The number of hydrogen-bond acceptors (Lipinski definition) is 4. The highest BCUT2D eigenvalue weighted by Crippen LogP contribution is 2.12. The molecule has 0 unspecified atom stereocenters. The number of nitrogens with zero attached hydrogens (tertiary/aromatic N) is 4. The van der Waals surface area contributed by atoms with E-state index in [0.29, 0.717) is 19.6 Å². The lowest BCUT2D eigenvalue weighted by Gasteiger charge is -2.36. The maximum absolute atomic E-state index is 11.8. The van der Waals surface area contributed by atoms with Crippen LogP contribution >= 0.6 is 0 Å². The summed E-state index contributed by atoms with van der Waals surface area (Å²) in [7, 11) is -1.24. The quantitative estimate of drug-likeness (QED) is 0.593. The van der Waals surface area contributed by atoms with Crippen LogP contribution in [0.1, 0.15) is 12.0 Å². The summed E-state index contributed by atoms with van der Waals surface area (Å²) in [5.74, 6) is 1.14. The van der Waals surface area contributed by atoms with E-state index in [0.717, 1.165) is 45.1 Å². The van der Waals surface area contributed by atoms with E-state index >= 15 is 0 Å². The summed E-state index contributed by atoms with van der Waals surface area (Å²) in [6.45, 7) is 6.56. The van der Waals surface area contributed by atoms with Gasteiger partial charge in [0.15, 0.2) is 5.96 Å². The number of aliphatic imine (C=N–C) groups is 1. The first-order chi connectivity index (χ1) is 12.6. The Morgan fingerprint density at radius 1 is 1.12 bits per heavy atom. The van der Waals surface area contributed by atoms with Crippen LogP contribution in [0.3, 0.4) is 0 Å². The number of sulfonamides is 1. The highest BCUT2D eigenvalue weighted by Gasteiger charge is 2.27. The average molecular weight is 380 g/mol. The molecule has 0 aromatic heterocycles. The van der Waals surface area contributed by atoms with E-state index in [4.69, 9.17) is 0 Å². The molecule has 144 valence electrons. The average Bonchev–Trinajstić information content (AvgIpc) is 2.99. The predicted molar refractivity (Wildman–Crippen MR) is 105 cm³/mol. The summed E-state index contributed by atoms with van der Waals surface area (Å²) in [6, 6.07) is 10.5. The molecule has 0 radical (unpaired) electrons. The van der Waals surface area contributed by atoms with Crippen LogP contribution < -0.4 is 5.32 Å². The van der Waals surface area contributed by atoms with E-state index in [9.17, 15) is 8.42 Å². The van der Waals surface area contributed by atoms with Crippen molar-refractivity contribution in [2.24, 2.45) is 4.99 Å². The minimum absolute atomic E-state index is 0.283. The lowest BCUT2D eigenvalue weighted by Crippen LogP contribution is -2.53. The first-order valence-corrected chi connectivity index (χ1v) is 10.9. The summed E-state index contributed by atoms with van der Waals surface area (Å²) in [5, 5.41) is 3.32. The van der Waals surface area contributed by atoms with Gasteiger partial charge in [-0.1, -0.05) is 30.3 Å². The number of rotatable bonds is 5. The van der Waals surface area contributed by atoms with Crippen LogP contribution in [0.5, 0.6) is 0 Å². The van der Waals surface area contributed by atoms with Gasteiger partial charge in [-0.2, -0.15) is 0 Å². The van der Waals surface area contributed by atoms with Crippen molar-refractivity contribution in [3.63, 3.8) is 0 Å². The van der Waals surface area contributed by atoms with Gasteiger partial charge in [0, 0.05) is 59.4 Å². The van der Waals surface area contributed by atoms with Crippen molar-refractivity contribution in [3.8, 4) is 0 Å². The van der Waals surface area contributed by atoms with E-state index in [2.05, 4.69) is 44.4 Å². The molecule has 3 rings (SSSR count). The van der Waals surface area contributed by atoms with Crippen LogP contribution in [0.2, 0.25) is 0 Å². The van der Waals surface area contributed by atoms with E-state index in [1.165, 1.54) is 5.56 Å². The van der Waals surface area contributed by atoms with Crippen molar-refractivity contribution in [1.29, 1.82) is 0 Å². The molecule has 0 spiro atoms. The van der Waals surface area contributed by atoms with E-state index in [-0.39, 0.29) is 5.75 Å². The van der Waals surface area contributed by atoms with Gasteiger partial charge in [0.25, 0.3) is 0 Å². The molecular formula is C18H29N5O2S. The van der Waals surface area contributed by atoms with Crippen molar-refractivity contribution in [2.75, 3.05) is 58.6 Å². The third-order valence-corrected chi connectivity index (χ3v) is 6.94. The second-order valence-electron chi connectivity index (χ2n) is 6.79. The number of nitrogens with one attached hydrogen (secondary N) is 1. The third-order valence-electron chi connectivity index (χ3n) is 4.98. The standard InChI is InChI=1S/C18H29N5O2S/c1-19-18(20-8-10-23-9-5-15-26(23,24)25)22-13-11-21(12-14-22)16-17-6-3-2-4-7-17/h2-4,6-7H,5,8-16H2,1H3,(H,19,20). The fourth-order valence-electron chi connectivity index (χ4n) is 3.53. The Morgan fingerprint density at radius 2 is 1.85 bits per heavy atom. The maximum atomic E-state index is 11.8. The second-order valence-corrected chi connectivity index (χ2v) is 8.88. The lowest BCUT2D eigenvalue weighted by atomic mass is 10.2. The van der Waals surface area contributed by atoms with E-state index in [1.807, 2.05) is 6.07 Å². The van der Waals surface area contributed by atoms with Gasteiger partial charge in [-0.05, 0) is 12.0 Å². The van der Waals surface area contributed by atoms with Crippen molar-refractivity contribution in [2.45, 2.75) is 13.0 Å².